The van der Waals surface area contributed by atoms with Crippen molar-refractivity contribution in [2.45, 2.75) is 12.5 Å². The van der Waals surface area contributed by atoms with Crippen LogP contribution in [-0.4, -0.2) is 59.5 Å². The number of benzene rings is 1. The molecule has 0 aromatic heterocycles. The van der Waals surface area contributed by atoms with Crippen LogP contribution in [0.15, 0.2) is 29.2 Å². The van der Waals surface area contributed by atoms with Gasteiger partial charge in [-0.15, -0.1) is 0 Å². The van der Waals surface area contributed by atoms with Crippen molar-refractivity contribution in [1.82, 2.24) is 4.90 Å². The van der Waals surface area contributed by atoms with E-state index < -0.39 is 33.6 Å². The molecule has 0 saturated carbocycles. The SMILES string of the molecule is NC(=O)CN1C(=O)/C(=C2\SC(=S)N([C@H]3CCS(=O)(=O)C3)C2=O)c2ccccc21. The summed E-state index contributed by atoms with van der Waals surface area (Å²) in [4.78, 5) is 40.2. The van der Waals surface area contributed by atoms with Gasteiger partial charge in [-0.1, -0.05) is 42.2 Å². The molecule has 1 aromatic rings. The second-order valence-electron chi connectivity index (χ2n) is 6.68. The van der Waals surface area contributed by atoms with Gasteiger partial charge in [0.25, 0.3) is 11.8 Å². The highest BCUT2D eigenvalue weighted by atomic mass is 32.2. The van der Waals surface area contributed by atoms with Gasteiger partial charge in [-0.25, -0.2) is 8.42 Å². The number of fused-ring (bicyclic) bond motifs is 1. The Labute approximate surface area is 170 Å². The number of primary amides is 1. The molecule has 0 unspecified atom stereocenters. The summed E-state index contributed by atoms with van der Waals surface area (Å²) in [6, 6.07) is 6.29. The predicted octanol–water partition coefficient (Wildman–Crippen LogP) is 0.277. The summed E-state index contributed by atoms with van der Waals surface area (Å²) in [7, 11) is -3.20. The quantitative estimate of drug-likeness (QED) is 0.533. The zero-order valence-corrected chi connectivity index (χ0v) is 16.9. The van der Waals surface area contributed by atoms with Gasteiger partial charge < -0.3 is 5.73 Å². The molecule has 146 valence electrons. The lowest BCUT2D eigenvalue weighted by molar-refractivity contribution is -0.123. The second-order valence-corrected chi connectivity index (χ2v) is 10.6. The molecule has 4 rings (SSSR count). The molecule has 8 nitrogen and oxygen atoms in total. The van der Waals surface area contributed by atoms with Gasteiger partial charge in [-0.2, -0.15) is 0 Å². The second kappa shape index (κ2) is 6.68. The van der Waals surface area contributed by atoms with Crippen LogP contribution in [0, 0.1) is 0 Å². The monoisotopic (exact) mass is 437 g/mol. The molecular formula is C17H15N3O5S3. The molecule has 0 spiro atoms. The molecule has 2 N–H and O–H groups in total. The number of nitrogens with zero attached hydrogens (tertiary/aromatic N) is 2. The number of anilines is 1. The summed E-state index contributed by atoms with van der Waals surface area (Å²) >= 11 is 6.30. The van der Waals surface area contributed by atoms with E-state index in [0.29, 0.717) is 17.7 Å². The number of para-hydroxylation sites is 1. The Hall–Kier alpha value is -2.24. The van der Waals surface area contributed by atoms with E-state index in [4.69, 9.17) is 18.0 Å². The van der Waals surface area contributed by atoms with Gasteiger partial charge in [-0.05, 0) is 12.5 Å². The number of hydrogen-bond acceptors (Lipinski definition) is 7. The summed E-state index contributed by atoms with van der Waals surface area (Å²) in [5, 5.41) is 0. The van der Waals surface area contributed by atoms with Crippen LogP contribution in [0.3, 0.4) is 0 Å². The molecule has 3 aliphatic heterocycles. The van der Waals surface area contributed by atoms with Crippen LogP contribution in [0.25, 0.3) is 5.57 Å². The number of thiocarbonyl (C=S) groups is 1. The number of carbonyl (C=O) groups is 3. The topological polar surface area (TPSA) is 118 Å². The molecule has 0 aliphatic carbocycles. The highest BCUT2D eigenvalue weighted by Crippen LogP contribution is 2.45. The van der Waals surface area contributed by atoms with E-state index in [0.717, 1.165) is 11.8 Å². The smallest absolute Gasteiger partial charge is 0.267 e. The molecule has 1 atom stereocenters. The number of amides is 3. The number of hydrogen-bond donors (Lipinski definition) is 1. The van der Waals surface area contributed by atoms with Crippen molar-refractivity contribution in [3.8, 4) is 0 Å². The summed E-state index contributed by atoms with van der Waals surface area (Å²) < 4.78 is 23.8. The zero-order chi connectivity index (χ0) is 20.2. The third kappa shape index (κ3) is 3.03. The Morgan fingerprint density at radius 1 is 1.25 bits per heavy atom. The van der Waals surface area contributed by atoms with Crippen LogP contribution in [-0.2, 0) is 24.2 Å². The minimum absolute atomic E-state index is 0.00872. The molecule has 1 aromatic carbocycles. The van der Waals surface area contributed by atoms with Crippen molar-refractivity contribution in [2.24, 2.45) is 5.73 Å². The minimum Gasteiger partial charge on any atom is -0.368 e. The standard InChI is InChI=1S/C17H15N3O5S3/c18-12(21)7-19-11-4-2-1-3-10(11)13(15(19)22)14-16(23)20(17(26)27-14)9-5-6-28(24,25)8-9/h1-4,9H,5-8H2,(H2,18,21)/b14-13-/t9-/m0/s1. The summed E-state index contributed by atoms with van der Waals surface area (Å²) in [6.45, 7) is -0.305. The molecule has 3 heterocycles. The van der Waals surface area contributed by atoms with Crippen LogP contribution >= 0.6 is 24.0 Å². The van der Waals surface area contributed by atoms with Crippen molar-refractivity contribution >= 4 is 67.1 Å². The molecule has 0 bridgehead atoms. The van der Waals surface area contributed by atoms with E-state index in [-0.39, 0.29) is 32.8 Å². The molecule has 2 fully saturated rings. The van der Waals surface area contributed by atoms with Gasteiger partial charge in [0.1, 0.15) is 10.9 Å². The maximum Gasteiger partial charge on any atom is 0.267 e. The van der Waals surface area contributed by atoms with Crippen molar-refractivity contribution < 1.29 is 22.8 Å². The number of nitrogens with two attached hydrogens (primary N) is 1. The van der Waals surface area contributed by atoms with Crippen LogP contribution < -0.4 is 10.6 Å². The fraction of sp³-hybridized carbons (Fsp3) is 0.294. The first-order valence-electron chi connectivity index (χ1n) is 8.39. The lowest BCUT2D eigenvalue weighted by Gasteiger charge is -2.21. The van der Waals surface area contributed by atoms with Crippen LogP contribution in [0.1, 0.15) is 12.0 Å². The largest absolute Gasteiger partial charge is 0.368 e. The number of rotatable bonds is 3. The summed E-state index contributed by atoms with van der Waals surface area (Å²) in [5.41, 5.74) is 6.44. The van der Waals surface area contributed by atoms with E-state index in [9.17, 15) is 22.8 Å². The molecule has 2 saturated heterocycles. The van der Waals surface area contributed by atoms with E-state index in [1.807, 2.05) is 0 Å². The number of carbonyl (C=O) groups excluding carboxylic acids is 3. The maximum atomic E-state index is 13.1. The molecule has 11 heteroatoms. The first-order valence-corrected chi connectivity index (χ1v) is 11.4. The fourth-order valence-corrected chi connectivity index (χ4v) is 6.81. The molecule has 3 amide bonds. The van der Waals surface area contributed by atoms with E-state index in [1.165, 1.54) is 9.80 Å². The van der Waals surface area contributed by atoms with Gasteiger partial charge >= 0.3 is 0 Å². The summed E-state index contributed by atoms with van der Waals surface area (Å²) in [6.07, 6.45) is 0.315. The summed E-state index contributed by atoms with van der Waals surface area (Å²) in [5.74, 6) is -1.78. The Bertz CT molecular complexity index is 1080. The minimum atomic E-state index is -3.20. The van der Waals surface area contributed by atoms with Crippen LogP contribution in [0.5, 0.6) is 0 Å². The van der Waals surface area contributed by atoms with Gasteiger partial charge in [0.05, 0.1) is 33.7 Å². The first kappa shape index (κ1) is 19.1. The predicted molar refractivity (Wildman–Crippen MR) is 109 cm³/mol. The van der Waals surface area contributed by atoms with Crippen molar-refractivity contribution in [3.05, 3.63) is 34.7 Å². The average Bonchev–Trinajstić information content (AvgIpc) is 3.20. The van der Waals surface area contributed by atoms with Crippen molar-refractivity contribution in [2.75, 3.05) is 23.0 Å². The highest BCUT2D eigenvalue weighted by molar-refractivity contribution is 8.26. The third-order valence-corrected chi connectivity index (χ3v) is 7.99. The zero-order valence-electron chi connectivity index (χ0n) is 14.5. The van der Waals surface area contributed by atoms with Crippen molar-refractivity contribution in [1.29, 1.82) is 0 Å². The Morgan fingerprint density at radius 3 is 2.61 bits per heavy atom. The number of sulfone groups is 1. The average molecular weight is 438 g/mol. The maximum absolute atomic E-state index is 13.1. The fourth-order valence-electron chi connectivity index (χ4n) is 3.64. The molecule has 28 heavy (non-hydrogen) atoms. The third-order valence-electron chi connectivity index (χ3n) is 4.84. The van der Waals surface area contributed by atoms with E-state index >= 15 is 0 Å². The molecule has 0 radical (unpaired) electrons. The normalized spacial score (nSPS) is 26.3. The Morgan fingerprint density at radius 2 is 1.96 bits per heavy atom. The Kier molecular flexibility index (Phi) is 4.55. The van der Waals surface area contributed by atoms with Crippen molar-refractivity contribution in [3.63, 3.8) is 0 Å². The van der Waals surface area contributed by atoms with Gasteiger partial charge in [0.15, 0.2) is 9.84 Å². The van der Waals surface area contributed by atoms with Crippen LogP contribution in [0.2, 0.25) is 0 Å². The van der Waals surface area contributed by atoms with E-state index in [1.54, 1.807) is 24.3 Å². The lowest BCUT2D eigenvalue weighted by atomic mass is 10.1. The highest BCUT2D eigenvalue weighted by Gasteiger charge is 2.46. The van der Waals surface area contributed by atoms with Gasteiger partial charge in [-0.3, -0.25) is 24.2 Å². The number of thioether (sulfide) groups is 1. The van der Waals surface area contributed by atoms with Gasteiger partial charge in [0.2, 0.25) is 5.91 Å². The van der Waals surface area contributed by atoms with E-state index in [2.05, 4.69) is 0 Å². The lowest BCUT2D eigenvalue weighted by Crippen LogP contribution is -2.39. The Balaban J connectivity index is 1.77. The van der Waals surface area contributed by atoms with Crippen LogP contribution in [0.4, 0.5) is 5.69 Å². The molecule has 3 aliphatic rings. The first-order chi connectivity index (χ1) is 13.2. The molecular weight excluding hydrogens is 422 g/mol. The van der Waals surface area contributed by atoms with Gasteiger partial charge in [0, 0.05) is 5.56 Å².